The van der Waals surface area contributed by atoms with E-state index in [1.165, 1.54) is 0 Å². The highest BCUT2D eigenvalue weighted by molar-refractivity contribution is 6.31. The lowest BCUT2D eigenvalue weighted by Gasteiger charge is -2.16. The van der Waals surface area contributed by atoms with Crippen LogP contribution in [0.25, 0.3) is 0 Å². The van der Waals surface area contributed by atoms with E-state index in [1.54, 1.807) is 30.3 Å². The van der Waals surface area contributed by atoms with E-state index >= 15 is 0 Å². The number of rotatable bonds is 5. The van der Waals surface area contributed by atoms with Crippen LogP contribution < -0.4 is 15.8 Å². The monoisotopic (exact) mass is 360 g/mol. The molecule has 2 aromatic rings. The summed E-state index contributed by atoms with van der Waals surface area (Å²) in [6.45, 7) is 3.08. The highest BCUT2D eigenvalue weighted by atomic mass is 35.5. The number of aryl methyl sites for hydroxylation is 1. The van der Waals surface area contributed by atoms with Crippen LogP contribution in [-0.2, 0) is 4.74 Å². The normalized spacial score (nSPS) is 16.6. The molecule has 3 N–H and O–H groups in total. The average molecular weight is 361 g/mol. The second kappa shape index (κ2) is 7.76. The highest BCUT2D eigenvalue weighted by Gasteiger charge is 2.18. The smallest absolute Gasteiger partial charge is 0.256 e. The quantitative estimate of drug-likeness (QED) is 0.789. The zero-order valence-electron chi connectivity index (χ0n) is 14.0. The molecule has 3 rings (SSSR count). The van der Waals surface area contributed by atoms with Crippen LogP contribution in [0.5, 0.6) is 5.75 Å². The molecule has 1 heterocycles. The van der Waals surface area contributed by atoms with E-state index in [4.69, 9.17) is 26.8 Å². The molecule has 0 radical (unpaired) electrons. The molecule has 6 heteroatoms. The Kier molecular flexibility index (Phi) is 5.46. The number of anilines is 2. The molecule has 1 fully saturated rings. The van der Waals surface area contributed by atoms with Gasteiger partial charge in [-0.25, -0.2) is 0 Å². The third-order valence-corrected chi connectivity index (χ3v) is 4.38. The number of ether oxygens (including phenoxy) is 2. The van der Waals surface area contributed by atoms with Gasteiger partial charge in [-0.3, -0.25) is 4.79 Å². The first kappa shape index (κ1) is 17.6. The average Bonchev–Trinajstić information content (AvgIpc) is 3.10. The largest absolute Gasteiger partial charge is 0.489 e. The Bertz CT molecular complexity index is 773. The molecule has 132 valence electrons. The van der Waals surface area contributed by atoms with Crippen LogP contribution in [-0.4, -0.2) is 25.2 Å². The number of carbonyl (C=O) groups is 1. The summed E-state index contributed by atoms with van der Waals surface area (Å²) < 4.78 is 11.4. The third-order valence-electron chi connectivity index (χ3n) is 4.14. The van der Waals surface area contributed by atoms with Crippen molar-refractivity contribution in [2.75, 3.05) is 24.3 Å². The number of nitrogens with one attached hydrogen (secondary N) is 1. The SMILES string of the molecule is Cc1ccc(N)cc1C(=O)Nc1cc(Cl)ccc1OCC1CCCO1. The number of hydrogen-bond acceptors (Lipinski definition) is 4. The Hall–Kier alpha value is -2.24. The van der Waals surface area contributed by atoms with E-state index in [2.05, 4.69) is 5.32 Å². The molecule has 0 bridgehead atoms. The summed E-state index contributed by atoms with van der Waals surface area (Å²) in [7, 11) is 0. The molecule has 0 aromatic heterocycles. The fourth-order valence-electron chi connectivity index (χ4n) is 2.76. The van der Waals surface area contributed by atoms with Crippen LogP contribution in [0.3, 0.4) is 0 Å². The fraction of sp³-hybridized carbons (Fsp3) is 0.316. The van der Waals surface area contributed by atoms with Crippen molar-refractivity contribution in [3.8, 4) is 5.75 Å². The van der Waals surface area contributed by atoms with Gasteiger partial charge >= 0.3 is 0 Å². The van der Waals surface area contributed by atoms with E-state index in [0.717, 1.165) is 25.0 Å². The zero-order chi connectivity index (χ0) is 17.8. The molecule has 1 aliphatic rings. The molecular weight excluding hydrogens is 340 g/mol. The van der Waals surface area contributed by atoms with Gasteiger partial charge < -0.3 is 20.5 Å². The van der Waals surface area contributed by atoms with Gasteiger partial charge in [-0.1, -0.05) is 17.7 Å². The number of carbonyl (C=O) groups excluding carboxylic acids is 1. The topological polar surface area (TPSA) is 73.6 Å². The molecule has 25 heavy (non-hydrogen) atoms. The maximum atomic E-state index is 12.6. The Morgan fingerprint density at radius 2 is 2.20 bits per heavy atom. The van der Waals surface area contributed by atoms with Gasteiger partial charge in [0.05, 0.1) is 11.8 Å². The number of nitrogen functional groups attached to an aromatic ring is 1. The lowest BCUT2D eigenvalue weighted by Crippen LogP contribution is -2.18. The number of amides is 1. The number of nitrogens with two attached hydrogens (primary N) is 1. The fourth-order valence-corrected chi connectivity index (χ4v) is 2.93. The first-order valence-electron chi connectivity index (χ1n) is 8.24. The van der Waals surface area contributed by atoms with Gasteiger partial charge in [0, 0.05) is 22.9 Å². The Balaban J connectivity index is 1.77. The van der Waals surface area contributed by atoms with E-state index in [9.17, 15) is 4.79 Å². The number of hydrogen-bond donors (Lipinski definition) is 2. The first-order chi connectivity index (χ1) is 12.0. The highest BCUT2D eigenvalue weighted by Crippen LogP contribution is 2.29. The van der Waals surface area contributed by atoms with Crippen LogP contribution >= 0.6 is 11.6 Å². The van der Waals surface area contributed by atoms with Crippen molar-refractivity contribution in [1.29, 1.82) is 0 Å². The molecule has 0 aliphatic carbocycles. The summed E-state index contributed by atoms with van der Waals surface area (Å²) in [6, 6.07) is 10.4. The molecule has 1 amide bonds. The van der Waals surface area contributed by atoms with Crippen molar-refractivity contribution in [2.24, 2.45) is 0 Å². The van der Waals surface area contributed by atoms with Crippen molar-refractivity contribution < 1.29 is 14.3 Å². The molecule has 5 nitrogen and oxygen atoms in total. The second-order valence-corrected chi connectivity index (χ2v) is 6.55. The minimum absolute atomic E-state index is 0.0930. The van der Waals surface area contributed by atoms with Crippen LogP contribution in [0.4, 0.5) is 11.4 Å². The van der Waals surface area contributed by atoms with Gasteiger partial charge in [0.25, 0.3) is 5.91 Å². The van der Waals surface area contributed by atoms with Gasteiger partial charge in [-0.15, -0.1) is 0 Å². The summed E-state index contributed by atoms with van der Waals surface area (Å²) >= 11 is 6.08. The van der Waals surface area contributed by atoms with Crippen molar-refractivity contribution in [3.63, 3.8) is 0 Å². The van der Waals surface area contributed by atoms with Crippen LogP contribution in [0.15, 0.2) is 36.4 Å². The number of halogens is 1. The summed E-state index contributed by atoms with van der Waals surface area (Å²) in [5.74, 6) is 0.309. The minimum Gasteiger partial charge on any atom is -0.489 e. The zero-order valence-corrected chi connectivity index (χ0v) is 14.8. The lowest BCUT2D eigenvalue weighted by atomic mass is 10.1. The van der Waals surface area contributed by atoms with Crippen molar-refractivity contribution >= 4 is 28.9 Å². The maximum Gasteiger partial charge on any atom is 0.256 e. The molecule has 0 saturated carbocycles. The molecule has 0 spiro atoms. The van der Waals surface area contributed by atoms with E-state index < -0.39 is 0 Å². The molecule has 2 aromatic carbocycles. The Morgan fingerprint density at radius 3 is 2.96 bits per heavy atom. The first-order valence-corrected chi connectivity index (χ1v) is 8.62. The van der Waals surface area contributed by atoms with Crippen LogP contribution in [0, 0.1) is 6.92 Å². The lowest BCUT2D eigenvalue weighted by molar-refractivity contribution is 0.0682. The summed E-state index contributed by atoms with van der Waals surface area (Å²) in [5, 5.41) is 3.38. The number of benzene rings is 2. The van der Waals surface area contributed by atoms with E-state index in [-0.39, 0.29) is 12.0 Å². The van der Waals surface area contributed by atoms with Crippen molar-refractivity contribution in [1.82, 2.24) is 0 Å². The Labute approximate surface area is 152 Å². The molecule has 1 unspecified atom stereocenters. The standard InChI is InChI=1S/C19H21ClN2O3/c1-12-4-6-14(21)10-16(12)19(23)22-17-9-13(20)5-7-18(17)25-11-15-3-2-8-24-15/h4-7,9-10,15H,2-3,8,11,21H2,1H3,(H,22,23). The summed E-state index contributed by atoms with van der Waals surface area (Å²) in [6.07, 6.45) is 2.13. The summed E-state index contributed by atoms with van der Waals surface area (Å²) in [5.41, 5.74) is 8.22. The van der Waals surface area contributed by atoms with Gasteiger partial charge in [-0.2, -0.15) is 0 Å². The van der Waals surface area contributed by atoms with Gasteiger partial charge in [-0.05, 0) is 55.7 Å². The minimum atomic E-state index is -0.256. The Morgan fingerprint density at radius 1 is 1.36 bits per heavy atom. The van der Waals surface area contributed by atoms with Gasteiger partial charge in [0.2, 0.25) is 0 Å². The maximum absolute atomic E-state index is 12.6. The van der Waals surface area contributed by atoms with Crippen molar-refractivity contribution in [3.05, 3.63) is 52.5 Å². The predicted octanol–water partition coefficient (Wildman–Crippen LogP) is 4.04. The van der Waals surface area contributed by atoms with Gasteiger partial charge in [0.1, 0.15) is 12.4 Å². The summed E-state index contributed by atoms with van der Waals surface area (Å²) in [4.78, 5) is 12.6. The third kappa shape index (κ3) is 4.44. The van der Waals surface area contributed by atoms with E-state index in [1.807, 2.05) is 13.0 Å². The van der Waals surface area contributed by atoms with Crippen LogP contribution in [0.2, 0.25) is 5.02 Å². The molecular formula is C19H21ClN2O3. The predicted molar refractivity (Wildman–Crippen MR) is 99.5 cm³/mol. The molecule has 1 atom stereocenters. The second-order valence-electron chi connectivity index (χ2n) is 6.11. The van der Waals surface area contributed by atoms with Crippen molar-refractivity contribution in [2.45, 2.75) is 25.9 Å². The van der Waals surface area contributed by atoms with E-state index in [0.29, 0.717) is 34.3 Å². The molecule has 1 saturated heterocycles. The molecule has 1 aliphatic heterocycles. The van der Waals surface area contributed by atoms with Crippen LogP contribution in [0.1, 0.15) is 28.8 Å². The van der Waals surface area contributed by atoms with Gasteiger partial charge in [0.15, 0.2) is 0 Å².